The maximum Gasteiger partial charge on any atom is 0.126 e. The fourth-order valence-corrected chi connectivity index (χ4v) is 4.70. The third-order valence-corrected chi connectivity index (χ3v) is 7.00. The van der Waals surface area contributed by atoms with Crippen LogP contribution < -0.4 is 4.74 Å². The third-order valence-electron chi connectivity index (χ3n) is 7.00. The molecular formula is C33H44O3. The van der Waals surface area contributed by atoms with Gasteiger partial charge in [0, 0.05) is 18.4 Å². The largest absolute Gasteiger partial charge is 0.508 e. The van der Waals surface area contributed by atoms with E-state index in [9.17, 15) is 10.2 Å². The average Bonchev–Trinajstić information content (AvgIpc) is 2.74. The van der Waals surface area contributed by atoms with Gasteiger partial charge in [-0.05, 0) is 61.8 Å². The van der Waals surface area contributed by atoms with Crippen LogP contribution in [0.25, 0.3) is 0 Å². The molecule has 3 aromatic carbocycles. The summed E-state index contributed by atoms with van der Waals surface area (Å²) in [6.45, 7) is 19.5. The van der Waals surface area contributed by atoms with Crippen molar-refractivity contribution in [1.29, 1.82) is 0 Å². The van der Waals surface area contributed by atoms with Crippen molar-refractivity contribution >= 4 is 0 Å². The van der Waals surface area contributed by atoms with Gasteiger partial charge in [-0.2, -0.15) is 0 Å². The van der Waals surface area contributed by atoms with Gasteiger partial charge in [-0.15, -0.1) is 0 Å². The zero-order valence-corrected chi connectivity index (χ0v) is 23.8. The minimum atomic E-state index is -0.0986. The second-order valence-electron chi connectivity index (χ2n) is 13.1. The monoisotopic (exact) mass is 488 g/mol. The van der Waals surface area contributed by atoms with Gasteiger partial charge in [0.15, 0.2) is 0 Å². The van der Waals surface area contributed by atoms with E-state index in [0.29, 0.717) is 24.3 Å². The first-order valence-corrected chi connectivity index (χ1v) is 12.9. The van der Waals surface area contributed by atoms with Crippen LogP contribution in [0.3, 0.4) is 0 Å². The van der Waals surface area contributed by atoms with E-state index >= 15 is 0 Å². The number of rotatable bonds is 5. The summed E-state index contributed by atoms with van der Waals surface area (Å²) in [6, 6.07) is 16.3. The van der Waals surface area contributed by atoms with E-state index in [2.05, 4.69) is 86.6 Å². The SMILES string of the molecule is COc1c(Cc2ccc(C(C)(C)C)cc2O)ccc(C(C)(C)C)c1Cc1ccc(C(C)(C)C)cc1O. The van der Waals surface area contributed by atoms with Gasteiger partial charge in [0.2, 0.25) is 0 Å². The number of hydrogen-bond acceptors (Lipinski definition) is 3. The van der Waals surface area contributed by atoms with Crippen LogP contribution in [0.5, 0.6) is 17.2 Å². The molecule has 0 heterocycles. The highest BCUT2D eigenvalue weighted by molar-refractivity contribution is 5.55. The Morgan fingerprint density at radius 2 is 1.03 bits per heavy atom. The molecule has 3 rings (SSSR count). The summed E-state index contributed by atoms with van der Waals surface area (Å²) in [7, 11) is 1.71. The number of phenols is 2. The number of hydrogen-bond donors (Lipinski definition) is 2. The lowest BCUT2D eigenvalue weighted by Crippen LogP contribution is -2.16. The van der Waals surface area contributed by atoms with Crippen molar-refractivity contribution in [2.75, 3.05) is 7.11 Å². The van der Waals surface area contributed by atoms with Crippen molar-refractivity contribution in [3.63, 3.8) is 0 Å². The van der Waals surface area contributed by atoms with Crippen molar-refractivity contribution in [2.45, 2.75) is 91.4 Å². The Balaban J connectivity index is 2.09. The van der Waals surface area contributed by atoms with Crippen molar-refractivity contribution in [1.82, 2.24) is 0 Å². The van der Waals surface area contributed by atoms with Gasteiger partial charge in [0.05, 0.1) is 7.11 Å². The summed E-state index contributed by atoms with van der Waals surface area (Å²) in [5, 5.41) is 21.8. The highest BCUT2D eigenvalue weighted by atomic mass is 16.5. The Morgan fingerprint density at radius 1 is 0.583 bits per heavy atom. The standard InChI is InChI=1S/C33H44O3/c1-31(2,3)24-14-11-21(28(34)19-24)17-23-13-16-27(33(7,8)9)26(30(23)36-10)18-22-12-15-25(20-29(22)35)32(4,5)6/h11-16,19-20,34-35H,17-18H2,1-10H3. The molecule has 0 spiro atoms. The summed E-state index contributed by atoms with van der Waals surface area (Å²) < 4.78 is 6.03. The number of aromatic hydroxyl groups is 2. The molecule has 3 aromatic rings. The third kappa shape index (κ3) is 6.06. The molecule has 0 aliphatic rings. The number of benzene rings is 3. The van der Waals surface area contributed by atoms with Crippen molar-refractivity contribution in [2.24, 2.45) is 0 Å². The van der Waals surface area contributed by atoms with E-state index in [0.717, 1.165) is 39.1 Å². The van der Waals surface area contributed by atoms with E-state index in [1.807, 2.05) is 24.3 Å². The zero-order valence-electron chi connectivity index (χ0n) is 23.8. The normalized spacial score (nSPS) is 12.6. The number of methoxy groups -OCH3 is 1. The first-order valence-electron chi connectivity index (χ1n) is 12.9. The fraction of sp³-hybridized carbons (Fsp3) is 0.455. The summed E-state index contributed by atoms with van der Waals surface area (Å²) >= 11 is 0. The molecule has 0 saturated heterocycles. The molecule has 0 radical (unpaired) electrons. The molecule has 0 unspecified atom stereocenters. The molecule has 0 aliphatic carbocycles. The van der Waals surface area contributed by atoms with Crippen molar-refractivity contribution in [3.8, 4) is 17.2 Å². The predicted octanol–water partition coefficient (Wildman–Crippen LogP) is 8.18. The maximum absolute atomic E-state index is 10.9. The van der Waals surface area contributed by atoms with Gasteiger partial charge in [0.25, 0.3) is 0 Å². The molecule has 0 saturated carbocycles. The molecule has 0 bridgehead atoms. The van der Waals surface area contributed by atoms with Crippen LogP contribution in [0, 0.1) is 0 Å². The average molecular weight is 489 g/mol. The molecule has 3 nitrogen and oxygen atoms in total. The van der Waals surface area contributed by atoms with E-state index in [-0.39, 0.29) is 16.2 Å². The predicted molar refractivity (Wildman–Crippen MR) is 151 cm³/mol. The minimum absolute atomic E-state index is 0.0280. The highest BCUT2D eigenvalue weighted by Gasteiger charge is 2.25. The van der Waals surface area contributed by atoms with Crippen LogP contribution in [0.15, 0.2) is 48.5 Å². The number of phenolic OH excluding ortho intramolecular Hbond substituents is 2. The van der Waals surface area contributed by atoms with Crippen molar-refractivity contribution < 1.29 is 14.9 Å². The van der Waals surface area contributed by atoms with Crippen molar-refractivity contribution in [3.05, 3.63) is 87.5 Å². The molecule has 3 heteroatoms. The maximum atomic E-state index is 10.9. The zero-order chi connectivity index (χ0) is 27.1. The van der Waals surface area contributed by atoms with Gasteiger partial charge in [-0.25, -0.2) is 0 Å². The van der Waals surface area contributed by atoms with Gasteiger partial charge in [-0.1, -0.05) is 98.7 Å². The first-order chi connectivity index (χ1) is 16.5. The Bertz CT molecular complexity index is 1230. The van der Waals surface area contributed by atoms with Crippen LogP contribution in [-0.4, -0.2) is 17.3 Å². The molecule has 0 aliphatic heterocycles. The summed E-state index contributed by atoms with van der Waals surface area (Å²) in [4.78, 5) is 0. The number of ether oxygens (including phenoxy) is 1. The smallest absolute Gasteiger partial charge is 0.126 e. The van der Waals surface area contributed by atoms with Crippen LogP contribution in [-0.2, 0) is 29.1 Å². The highest BCUT2D eigenvalue weighted by Crippen LogP contribution is 2.40. The Hall–Kier alpha value is -2.94. The lowest BCUT2D eigenvalue weighted by Gasteiger charge is -2.27. The van der Waals surface area contributed by atoms with Crippen LogP contribution in [0.2, 0.25) is 0 Å². The minimum Gasteiger partial charge on any atom is -0.508 e. The van der Waals surface area contributed by atoms with Gasteiger partial charge in [-0.3, -0.25) is 0 Å². The Kier molecular flexibility index (Phi) is 7.56. The fourth-order valence-electron chi connectivity index (χ4n) is 4.70. The first kappa shape index (κ1) is 27.6. The van der Waals surface area contributed by atoms with E-state index in [1.54, 1.807) is 7.11 Å². The van der Waals surface area contributed by atoms with E-state index in [1.165, 1.54) is 5.56 Å². The van der Waals surface area contributed by atoms with E-state index < -0.39 is 0 Å². The molecule has 2 N–H and O–H groups in total. The van der Waals surface area contributed by atoms with Gasteiger partial charge < -0.3 is 14.9 Å². The molecule has 0 amide bonds. The summed E-state index contributed by atoms with van der Waals surface area (Å²) in [5.41, 5.74) is 7.08. The molecule has 36 heavy (non-hydrogen) atoms. The van der Waals surface area contributed by atoms with Crippen LogP contribution >= 0.6 is 0 Å². The Morgan fingerprint density at radius 3 is 1.42 bits per heavy atom. The molecule has 0 aromatic heterocycles. The molecule has 194 valence electrons. The molecule has 0 atom stereocenters. The second kappa shape index (κ2) is 9.84. The lowest BCUT2D eigenvalue weighted by molar-refractivity contribution is 0.402. The second-order valence-corrected chi connectivity index (χ2v) is 13.1. The summed E-state index contributed by atoms with van der Waals surface area (Å²) in [6.07, 6.45) is 1.13. The molecular weight excluding hydrogens is 444 g/mol. The quantitative estimate of drug-likeness (QED) is 0.381. The molecule has 0 fully saturated rings. The Labute approximate surface area is 218 Å². The summed E-state index contributed by atoms with van der Waals surface area (Å²) in [5.74, 6) is 1.44. The van der Waals surface area contributed by atoms with Crippen LogP contribution in [0.1, 0.15) is 101 Å². The lowest BCUT2D eigenvalue weighted by atomic mass is 9.79. The van der Waals surface area contributed by atoms with Crippen LogP contribution in [0.4, 0.5) is 0 Å². The van der Waals surface area contributed by atoms with E-state index in [4.69, 9.17) is 4.74 Å². The van der Waals surface area contributed by atoms with Gasteiger partial charge >= 0.3 is 0 Å². The van der Waals surface area contributed by atoms with Gasteiger partial charge in [0.1, 0.15) is 17.2 Å². The topological polar surface area (TPSA) is 49.7 Å².